The van der Waals surface area contributed by atoms with E-state index in [2.05, 4.69) is 219 Å². The lowest BCUT2D eigenvalue weighted by Crippen LogP contribution is -2.16. The first-order valence-corrected chi connectivity index (χ1v) is 20.4. The van der Waals surface area contributed by atoms with Crippen LogP contribution in [0.5, 0.6) is 0 Å². The fourth-order valence-corrected chi connectivity index (χ4v) is 9.45. The quantitative estimate of drug-likeness (QED) is 0.161. The summed E-state index contributed by atoms with van der Waals surface area (Å²) in [6.07, 6.45) is 0. The first-order valence-electron chi connectivity index (χ1n) is 20.4. The lowest BCUT2D eigenvalue weighted by Gasteiger charge is -2.27. The van der Waals surface area contributed by atoms with Gasteiger partial charge in [-0.3, -0.25) is 0 Å². The van der Waals surface area contributed by atoms with Crippen LogP contribution in [0.25, 0.3) is 77.6 Å². The molecule has 59 heavy (non-hydrogen) atoms. The minimum Gasteiger partial charge on any atom is -0.455 e. The molecule has 0 amide bonds. The van der Waals surface area contributed by atoms with Gasteiger partial charge in [-0.1, -0.05) is 184 Å². The molecular weight excluding hydrogens is 715 g/mol. The summed E-state index contributed by atoms with van der Waals surface area (Å²) in [5, 5.41) is 2.27. The molecule has 280 valence electrons. The van der Waals surface area contributed by atoms with E-state index >= 15 is 0 Å². The molecule has 0 fully saturated rings. The molecule has 0 aliphatic heterocycles. The van der Waals surface area contributed by atoms with Crippen molar-refractivity contribution in [2.75, 3.05) is 4.90 Å². The first kappa shape index (κ1) is 34.8. The maximum absolute atomic E-state index is 6.43. The summed E-state index contributed by atoms with van der Waals surface area (Å²) in [6, 6.07) is 76.6. The minimum atomic E-state index is -0.161. The molecule has 1 aromatic heterocycles. The zero-order valence-corrected chi connectivity index (χ0v) is 33.1. The van der Waals surface area contributed by atoms with Gasteiger partial charge in [-0.15, -0.1) is 0 Å². The van der Waals surface area contributed by atoms with Crippen LogP contribution in [0.15, 0.2) is 217 Å². The van der Waals surface area contributed by atoms with Crippen molar-refractivity contribution in [1.29, 1.82) is 0 Å². The van der Waals surface area contributed by atoms with Crippen molar-refractivity contribution in [1.82, 2.24) is 0 Å². The maximum Gasteiger partial charge on any atom is 0.143 e. The summed E-state index contributed by atoms with van der Waals surface area (Å²) >= 11 is 0. The average molecular weight is 756 g/mol. The number of hydrogen-bond donors (Lipinski definition) is 0. The minimum absolute atomic E-state index is 0.161. The summed E-state index contributed by atoms with van der Waals surface area (Å²) in [7, 11) is 0. The predicted molar refractivity (Wildman–Crippen MR) is 248 cm³/mol. The highest BCUT2D eigenvalue weighted by atomic mass is 16.3. The predicted octanol–water partition coefficient (Wildman–Crippen LogP) is 16.0. The number of hydrogen-bond acceptors (Lipinski definition) is 2. The van der Waals surface area contributed by atoms with E-state index in [1.807, 2.05) is 12.1 Å². The highest BCUT2D eigenvalue weighted by Crippen LogP contribution is 2.55. The molecule has 0 saturated heterocycles. The van der Waals surface area contributed by atoms with Gasteiger partial charge in [0.25, 0.3) is 0 Å². The van der Waals surface area contributed by atoms with E-state index in [0.717, 1.165) is 50.1 Å². The van der Waals surface area contributed by atoms with Gasteiger partial charge in [0.05, 0.1) is 0 Å². The second-order valence-corrected chi connectivity index (χ2v) is 16.1. The fourth-order valence-electron chi connectivity index (χ4n) is 9.45. The number of anilines is 3. The van der Waals surface area contributed by atoms with E-state index in [1.165, 1.54) is 55.6 Å². The van der Waals surface area contributed by atoms with Crippen LogP contribution in [0.3, 0.4) is 0 Å². The van der Waals surface area contributed by atoms with Gasteiger partial charge in [-0.2, -0.15) is 0 Å². The number of benzene rings is 9. The maximum atomic E-state index is 6.43. The Labute approximate surface area is 345 Å². The summed E-state index contributed by atoms with van der Waals surface area (Å²) in [5.74, 6) is 0. The normalized spacial score (nSPS) is 12.7. The molecule has 0 radical (unpaired) electrons. The number of furan rings is 1. The van der Waals surface area contributed by atoms with Crippen LogP contribution in [0, 0.1) is 0 Å². The van der Waals surface area contributed by atoms with E-state index in [1.54, 1.807) is 0 Å². The van der Waals surface area contributed by atoms with Gasteiger partial charge in [-0.25, -0.2) is 0 Å². The smallest absolute Gasteiger partial charge is 0.143 e. The highest BCUT2D eigenvalue weighted by molar-refractivity contribution is 6.09. The molecule has 2 heteroatoms. The Kier molecular flexibility index (Phi) is 8.20. The lowest BCUT2D eigenvalue weighted by atomic mass is 9.78. The number of fused-ring (bicyclic) bond motifs is 6. The molecule has 10 aromatic rings. The first-order chi connectivity index (χ1) is 29.0. The molecule has 1 aliphatic carbocycles. The van der Waals surface area contributed by atoms with Crippen LogP contribution in [0.2, 0.25) is 0 Å². The van der Waals surface area contributed by atoms with E-state index in [4.69, 9.17) is 4.42 Å². The largest absolute Gasteiger partial charge is 0.455 e. The third kappa shape index (κ3) is 5.79. The SMILES string of the molecule is CC1(C)c2ccccc2-c2c(-c3ccccc3)ccc(-c3ccc(N(c4ccc(-c5ccccc5)cc4)c4ccc(-c5cccc6c5oc5ccccc56)cc4)cc3)c21. The summed E-state index contributed by atoms with van der Waals surface area (Å²) in [5.41, 5.74) is 20.0. The van der Waals surface area contributed by atoms with Gasteiger partial charge >= 0.3 is 0 Å². The Bertz CT molecular complexity index is 3140. The summed E-state index contributed by atoms with van der Waals surface area (Å²) < 4.78 is 6.43. The molecule has 9 aromatic carbocycles. The molecule has 1 heterocycles. The molecule has 0 saturated carbocycles. The molecule has 0 bridgehead atoms. The van der Waals surface area contributed by atoms with Crippen molar-refractivity contribution in [3.05, 3.63) is 223 Å². The van der Waals surface area contributed by atoms with Crippen molar-refractivity contribution < 1.29 is 4.42 Å². The van der Waals surface area contributed by atoms with Gasteiger partial charge in [-0.05, 0) is 104 Å². The Morgan fingerprint density at radius 2 is 0.831 bits per heavy atom. The van der Waals surface area contributed by atoms with Crippen molar-refractivity contribution in [3.63, 3.8) is 0 Å². The van der Waals surface area contributed by atoms with Gasteiger partial charge in [0.15, 0.2) is 0 Å². The Morgan fingerprint density at radius 3 is 1.51 bits per heavy atom. The second-order valence-electron chi connectivity index (χ2n) is 16.1. The topological polar surface area (TPSA) is 16.4 Å². The molecule has 0 spiro atoms. The molecule has 0 atom stereocenters. The van der Waals surface area contributed by atoms with Crippen LogP contribution in [0.1, 0.15) is 25.0 Å². The Hall–Kier alpha value is -7.42. The van der Waals surface area contributed by atoms with Gasteiger partial charge in [0.2, 0.25) is 0 Å². The van der Waals surface area contributed by atoms with Crippen molar-refractivity contribution >= 4 is 39.0 Å². The van der Waals surface area contributed by atoms with Crippen LogP contribution < -0.4 is 4.90 Å². The molecule has 2 nitrogen and oxygen atoms in total. The van der Waals surface area contributed by atoms with Gasteiger partial charge in [0, 0.05) is 38.8 Å². The summed E-state index contributed by atoms with van der Waals surface area (Å²) in [6.45, 7) is 4.76. The van der Waals surface area contributed by atoms with Crippen LogP contribution in [0.4, 0.5) is 17.1 Å². The zero-order valence-electron chi connectivity index (χ0n) is 33.1. The van der Waals surface area contributed by atoms with Crippen molar-refractivity contribution in [3.8, 4) is 55.6 Å². The van der Waals surface area contributed by atoms with E-state index in [-0.39, 0.29) is 5.41 Å². The van der Waals surface area contributed by atoms with Crippen LogP contribution >= 0.6 is 0 Å². The molecular formula is C57H41NO. The molecule has 1 aliphatic rings. The third-order valence-corrected chi connectivity index (χ3v) is 12.3. The Morgan fingerprint density at radius 1 is 0.356 bits per heavy atom. The average Bonchev–Trinajstić information content (AvgIpc) is 3.80. The number of para-hydroxylation sites is 2. The van der Waals surface area contributed by atoms with Crippen molar-refractivity contribution in [2.24, 2.45) is 0 Å². The highest BCUT2D eigenvalue weighted by Gasteiger charge is 2.39. The lowest BCUT2D eigenvalue weighted by molar-refractivity contribution is 0.662. The van der Waals surface area contributed by atoms with Crippen LogP contribution in [-0.2, 0) is 5.41 Å². The van der Waals surface area contributed by atoms with E-state index < -0.39 is 0 Å². The molecule has 0 unspecified atom stereocenters. The van der Waals surface area contributed by atoms with Crippen molar-refractivity contribution in [2.45, 2.75) is 19.3 Å². The monoisotopic (exact) mass is 755 g/mol. The fraction of sp³-hybridized carbons (Fsp3) is 0.0526. The summed E-state index contributed by atoms with van der Waals surface area (Å²) in [4.78, 5) is 2.35. The second kappa shape index (κ2) is 13.9. The molecule has 0 N–H and O–H groups in total. The standard InChI is InChI=1S/C57H41NO/c1-57(2)52-22-11-9-19-51(52)54-46(40-16-7-4-8-17-40)36-37-47(55(54)57)41-26-32-44(33-27-41)58(43-30-24-39(25-31-43)38-14-5-3-6-15-38)45-34-28-42(29-35-45)48-20-13-21-50-49-18-10-12-23-53(49)59-56(48)50/h3-37H,1-2H3. The van der Waals surface area contributed by atoms with Gasteiger partial charge < -0.3 is 9.32 Å². The number of nitrogens with zero attached hydrogens (tertiary/aromatic N) is 1. The van der Waals surface area contributed by atoms with Gasteiger partial charge in [0.1, 0.15) is 11.2 Å². The number of rotatable bonds is 7. The van der Waals surface area contributed by atoms with E-state index in [9.17, 15) is 0 Å². The third-order valence-electron chi connectivity index (χ3n) is 12.3. The zero-order chi connectivity index (χ0) is 39.5. The molecule has 11 rings (SSSR count). The Balaban J connectivity index is 1.01. The van der Waals surface area contributed by atoms with E-state index in [0.29, 0.717) is 0 Å². The van der Waals surface area contributed by atoms with Crippen LogP contribution in [-0.4, -0.2) is 0 Å².